The van der Waals surface area contributed by atoms with Gasteiger partial charge in [-0.25, -0.2) is 9.59 Å². The molecule has 0 bridgehead atoms. The number of benzene rings is 3. The Hall–Kier alpha value is -4.86. The van der Waals surface area contributed by atoms with Crippen LogP contribution in [0.5, 0.6) is 6.01 Å². The number of methoxy groups -OCH3 is 1. The van der Waals surface area contributed by atoms with Gasteiger partial charge in [0.25, 0.3) is 6.01 Å². The van der Waals surface area contributed by atoms with Crippen LogP contribution in [0.15, 0.2) is 71.8 Å². The fourth-order valence-corrected chi connectivity index (χ4v) is 3.98. The molecule has 1 heterocycles. The van der Waals surface area contributed by atoms with Crippen molar-refractivity contribution < 1.29 is 28.6 Å². The van der Waals surface area contributed by atoms with E-state index in [-0.39, 0.29) is 6.61 Å². The van der Waals surface area contributed by atoms with E-state index < -0.39 is 12.1 Å². The Kier molecular flexibility index (Phi) is 8.55. The van der Waals surface area contributed by atoms with Gasteiger partial charge in [0.05, 0.1) is 49.7 Å². The summed E-state index contributed by atoms with van der Waals surface area (Å²) in [5.41, 5.74) is 7.68. The molecule has 0 atom stereocenters. The molecule has 0 radical (unpaired) electrons. The molecule has 10 heteroatoms. The van der Waals surface area contributed by atoms with E-state index in [9.17, 15) is 9.59 Å². The molecule has 1 aromatic heterocycles. The molecule has 0 aliphatic carbocycles. The fraction of sp³-hybridized carbons (Fsp3) is 0.214. The second-order valence-electron chi connectivity index (χ2n) is 8.00. The van der Waals surface area contributed by atoms with E-state index in [2.05, 4.69) is 25.2 Å². The second kappa shape index (κ2) is 12.4. The maximum atomic E-state index is 12.4. The van der Waals surface area contributed by atoms with Crippen molar-refractivity contribution in [2.24, 2.45) is 5.10 Å². The molecular formula is C28H28N4O6. The van der Waals surface area contributed by atoms with Crippen LogP contribution in [0.25, 0.3) is 22.2 Å². The predicted molar refractivity (Wildman–Crippen MR) is 142 cm³/mol. The van der Waals surface area contributed by atoms with Crippen molar-refractivity contribution in [3.8, 4) is 17.1 Å². The van der Waals surface area contributed by atoms with Crippen molar-refractivity contribution in [2.75, 3.05) is 20.3 Å². The lowest BCUT2D eigenvalue weighted by Gasteiger charge is -2.12. The van der Waals surface area contributed by atoms with Crippen molar-refractivity contribution in [3.63, 3.8) is 0 Å². The van der Waals surface area contributed by atoms with E-state index in [1.54, 1.807) is 25.3 Å². The van der Waals surface area contributed by atoms with Crippen LogP contribution < -0.4 is 10.3 Å². The van der Waals surface area contributed by atoms with Crippen LogP contribution in [0.1, 0.15) is 35.3 Å². The fourth-order valence-electron chi connectivity index (χ4n) is 3.98. The standard InChI is InChI=1S/C28H28N4O6/c1-4-36-27-30-24-12-8-11-23(26(33)35-3)25(24)32(27)18-19-13-15-20(16-14-19)22-10-7-6-9-21(22)17-29-31-38-28(34)37-5-2/h6-17,31H,4-5,18H2,1-3H3/b29-17+. The number of fused-ring (bicyclic) bond motifs is 1. The lowest BCUT2D eigenvalue weighted by Crippen LogP contribution is -2.16. The first-order valence-corrected chi connectivity index (χ1v) is 12.1. The summed E-state index contributed by atoms with van der Waals surface area (Å²) >= 11 is 0. The number of hydrogen-bond donors (Lipinski definition) is 1. The molecule has 0 saturated carbocycles. The maximum absolute atomic E-state index is 12.4. The van der Waals surface area contributed by atoms with Gasteiger partial charge < -0.3 is 14.2 Å². The monoisotopic (exact) mass is 516 g/mol. The number of carbonyl (C=O) groups excluding carboxylic acids is 2. The number of esters is 1. The van der Waals surface area contributed by atoms with E-state index in [0.29, 0.717) is 35.8 Å². The summed E-state index contributed by atoms with van der Waals surface area (Å²) in [6.45, 7) is 4.66. The first kappa shape index (κ1) is 26.2. The molecule has 38 heavy (non-hydrogen) atoms. The van der Waals surface area contributed by atoms with Crippen LogP contribution in [0.2, 0.25) is 0 Å². The molecule has 0 saturated heterocycles. The highest BCUT2D eigenvalue weighted by molar-refractivity contribution is 6.02. The largest absolute Gasteiger partial charge is 0.534 e. The highest BCUT2D eigenvalue weighted by atomic mass is 16.8. The van der Waals surface area contributed by atoms with Crippen molar-refractivity contribution in [2.45, 2.75) is 20.4 Å². The summed E-state index contributed by atoms with van der Waals surface area (Å²) < 4.78 is 17.3. The zero-order chi connectivity index (χ0) is 26.9. The van der Waals surface area contributed by atoms with Gasteiger partial charge in [-0.3, -0.25) is 9.40 Å². The van der Waals surface area contributed by atoms with E-state index in [1.165, 1.54) is 7.11 Å². The third-order valence-electron chi connectivity index (χ3n) is 5.62. The minimum atomic E-state index is -0.856. The van der Waals surface area contributed by atoms with Gasteiger partial charge in [-0.1, -0.05) is 54.6 Å². The lowest BCUT2D eigenvalue weighted by molar-refractivity contribution is 0.0205. The number of carbonyl (C=O) groups is 2. The van der Waals surface area contributed by atoms with Gasteiger partial charge in [0.2, 0.25) is 0 Å². The summed E-state index contributed by atoms with van der Waals surface area (Å²) in [5.74, 6) is -0.435. The maximum Gasteiger partial charge on any atom is 0.534 e. The molecular weight excluding hydrogens is 488 g/mol. The highest BCUT2D eigenvalue weighted by Crippen LogP contribution is 2.28. The number of rotatable bonds is 10. The minimum Gasteiger partial charge on any atom is -0.465 e. The average Bonchev–Trinajstić information content (AvgIpc) is 3.28. The molecule has 3 aromatic carbocycles. The van der Waals surface area contributed by atoms with Gasteiger partial charge in [0.1, 0.15) is 0 Å². The molecule has 0 amide bonds. The summed E-state index contributed by atoms with van der Waals surface area (Å²) in [7, 11) is 1.36. The Labute approximate surface area is 219 Å². The van der Waals surface area contributed by atoms with Crippen LogP contribution in [0.3, 0.4) is 0 Å². The summed E-state index contributed by atoms with van der Waals surface area (Å²) in [4.78, 5) is 32.9. The van der Waals surface area contributed by atoms with E-state index in [4.69, 9.17) is 9.47 Å². The molecule has 4 aromatic rings. The van der Waals surface area contributed by atoms with E-state index in [1.807, 2.05) is 66.1 Å². The number of hydrogen-bond acceptors (Lipinski definition) is 9. The minimum absolute atomic E-state index is 0.208. The third-order valence-corrected chi connectivity index (χ3v) is 5.62. The normalized spacial score (nSPS) is 10.9. The Morgan fingerprint density at radius 3 is 2.53 bits per heavy atom. The molecule has 0 fully saturated rings. The van der Waals surface area contributed by atoms with Crippen LogP contribution in [-0.2, 0) is 20.9 Å². The number of aromatic nitrogens is 2. The predicted octanol–water partition coefficient (Wildman–Crippen LogP) is 4.95. The first-order valence-electron chi connectivity index (χ1n) is 12.1. The molecule has 0 unspecified atom stereocenters. The topological polar surface area (TPSA) is 113 Å². The quantitative estimate of drug-likeness (QED) is 0.179. The molecule has 1 N–H and O–H groups in total. The average molecular weight is 517 g/mol. The number of ether oxygens (including phenoxy) is 3. The van der Waals surface area contributed by atoms with Crippen molar-refractivity contribution in [1.82, 2.24) is 15.1 Å². The van der Waals surface area contributed by atoms with Crippen LogP contribution >= 0.6 is 0 Å². The zero-order valence-electron chi connectivity index (χ0n) is 21.3. The molecule has 0 aliphatic heterocycles. The smallest absolute Gasteiger partial charge is 0.465 e. The third kappa shape index (κ3) is 5.92. The Morgan fingerprint density at radius 1 is 1.00 bits per heavy atom. The number of nitrogens with zero attached hydrogens (tertiary/aromatic N) is 3. The molecule has 4 rings (SSSR count). The van der Waals surface area contributed by atoms with Gasteiger partial charge in [-0.15, -0.1) is 5.59 Å². The Bertz CT molecular complexity index is 1450. The summed E-state index contributed by atoms with van der Waals surface area (Å²) in [6.07, 6.45) is 0.702. The van der Waals surface area contributed by atoms with Gasteiger partial charge in [-0.05, 0) is 42.7 Å². The number of hydrazone groups is 1. The Morgan fingerprint density at radius 2 is 1.79 bits per heavy atom. The van der Waals surface area contributed by atoms with Crippen LogP contribution in [0, 0.1) is 0 Å². The van der Waals surface area contributed by atoms with Gasteiger partial charge in [0, 0.05) is 5.56 Å². The lowest BCUT2D eigenvalue weighted by atomic mass is 9.99. The van der Waals surface area contributed by atoms with E-state index in [0.717, 1.165) is 22.3 Å². The Balaban J connectivity index is 1.59. The SMILES string of the molecule is CCOC(=O)ON/N=C/c1ccccc1-c1ccc(Cn2c(OCC)nc3cccc(C(=O)OC)c32)cc1. The number of nitrogens with one attached hydrogen (secondary N) is 1. The highest BCUT2D eigenvalue weighted by Gasteiger charge is 2.19. The number of para-hydroxylation sites is 1. The van der Waals surface area contributed by atoms with E-state index >= 15 is 0 Å². The van der Waals surface area contributed by atoms with Crippen LogP contribution in [-0.4, -0.2) is 48.2 Å². The van der Waals surface area contributed by atoms with Crippen molar-refractivity contribution in [3.05, 3.63) is 83.4 Å². The molecule has 196 valence electrons. The van der Waals surface area contributed by atoms with Crippen molar-refractivity contribution in [1.29, 1.82) is 0 Å². The number of imidazole rings is 1. The first-order chi connectivity index (χ1) is 18.5. The zero-order valence-corrected chi connectivity index (χ0v) is 21.3. The van der Waals surface area contributed by atoms with Gasteiger partial charge in [-0.2, -0.15) is 10.1 Å². The van der Waals surface area contributed by atoms with Gasteiger partial charge >= 0.3 is 12.1 Å². The molecule has 10 nitrogen and oxygen atoms in total. The summed E-state index contributed by atoms with van der Waals surface area (Å²) in [5, 5.41) is 3.94. The van der Waals surface area contributed by atoms with Gasteiger partial charge in [0.15, 0.2) is 0 Å². The second-order valence-corrected chi connectivity index (χ2v) is 8.00. The summed E-state index contributed by atoms with van der Waals surface area (Å²) in [6, 6.07) is 21.5. The molecule has 0 spiro atoms. The van der Waals surface area contributed by atoms with Crippen LogP contribution in [0.4, 0.5) is 4.79 Å². The molecule has 0 aliphatic rings. The van der Waals surface area contributed by atoms with Crippen molar-refractivity contribution >= 4 is 29.4 Å².